The molecule has 4 nitrogen and oxygen atoms in total. The van der Waals surface area contributed by atoms with Gasteiger partial charge in [-0.1, -0.05) is 6.92 Å². The molecule has 60 valence electrons. The molecule has 5 N–H and O–H groups in total. The van der Waals surface area contributed by atoms with Gasteiger partial charge >= 0.3 is 5.97 Å². The van der Waals surface area contributed by atoms with Crippen LogP contribution in [-0.2, 0) is 4.79 Å². The molecule has 10 heavy (non-hydrogen) atoms. The Labute approximate surface area is 60.5 Å². The van der Waals surface area contributed by atoms with E-state index in [2.05, 4.69) is 0 Å². The maximum atomic E-state index is 9.37. The van der Waals surface area contributed by atoms with Crippen LogP contribution < -0.4 is 11.5 Å². The molecule has 0 bridgehead atoms. The summed E-state index contributed by atoms with van der Waals surface area (Å²) in [6.07, 6.45) is 1.86. The van der Waals surface area contributed by atoms with Crippen molar-refractivity contribution < 1.29 is 9.90 Å². The van der Waals surface area contributed by atoms with Crippen molar-refractivity contribution >= 4 is 5.97 Å². The first-order valence-corrected chi connectivity index (χ1v) is 2.93. The summed E-state index contributed by atoms with van der Waals surface area (Å²) in [7, 11) is 0. The molecule has 0 saturated heterocycles. The summed E-state index contributed by atoms with van der Waals surface area (Å²) in [5.41, 5.74) is 9.86. The van der Waals surface area contributed by atoms with Gasteiger partial charge in [-0.15, -0.1) is 0 Å². The number of hydrogen-bond donors (Lipinski definition) is 3. The lowest BCUT2D eigenvalue weighted by Gasteiger charge is -1.78. The van der Waals surface area contributed by atoms with Crippen LogP contribution in [0.3, 0.4) is 0 Å². The van der Waals surface area contributed by atoms with Crippen molar-refractivity contribution in [3.63, 3.8) is 0 Å². The van der Waals surface area contributed by atoms with Crippen molar-refractivity contribution in [1.82, 2.24) is 0 Å². The first kappa shape index (κ1) is 11.6. The zero-order valence-electron chi connectivity index (χ0n) is 6.29. The molecule has 4 heteroatoms. The van der Waals surface area contributed by atoms with Gasteiger partial charge in [-0.3, -0.25) is 4.79 Å². The van der Waals surface area contributed by atoms with Crippen LogP contribution in [0.2, 0.25) is 0 Å². The van der Waals surface area contributed by atoms with Crippen LogP contribution in [0.5, 0.6) is 0 Å². The summed E-state index contributed by atoms with van der Waals surface area (Å²) in [6.45, 7) is 3.39. The van der Waals surface area contributed by atoms with E-state index in [1.165, 1.54) is 0 Å². The minimum atomic E-state index is -0.745. The Morgan fingerprint density at radius 3 is 1.80 bits per heavy atom. The first-order valence-electron chi connectivity index (χ1n) is 2.93. The second-order valence-electron chi connectivity index (χ2n) is 1.54. The zero-order valence-corrected chi connectivity index (χ0v) is 6.29. The quantitative estimate of drug-likeness (QED) is 0.494. The SMILES string of the molecule is CC=C(N)N.CCC(=O)O. The minimum absolute atomic E-state index is 0.222. The molecule has 0 heterocycles. The fourth-order valence-electron chi connectivity index (χ4n) is 0. The van der Waals surface area contributed by atoms with Crippen LogP contribution in [0.1, 0.15) is 20.3 Å². The number of nitrogens with two attached hydrogens (primary N) is 2. The molecule has 0 radical (unpaired) electrons. The molecule has 0 atom stereocenters. The third kappa shape index (κ3) is 29.1. The van der Waals surface area contributed by atoms with E-state index in [-0.39, 0.29) is 6.42 Å². The number of carbonyl (C=O) groups is 1. The Bertz CT molecular complexity index is 117. The fourth-order valence-corrected chi connectivity index (χ4v) is 0. The van der Waals surface area contributed by atoms with Crippen molar-refractivity contribution in [2.45, 2.75) is 20.3 Å². The van der Waals surface area contributed by atoms with Crippen LogP contribution in [0, 0.1) is 0 Å². The summed E-state index contributed by atoms with van der Waals surface area (Å²) in [5.74, 6) is -0.366. The topological polar surface area (TPSA) is 89.3 Å². The number of carboxylic acid groups (broad SMARTS) is 1. The number of hydrogen-bond acceptors (Lipinski definition) is 3. The van der Waals surface area contributed by atoms with E-state index in [1.807, 2.05) is 0 Å². The molecule has 0 aliphatic carbocycles. The Morgan fingerprint density at radius 1 is 1.60 bits per heavy atom. The van der Waals surface area contributed by atoms with Crippen molar-refractivity contribution in [3.05, 3.63) is 11.9 Å². The van der Waals surface area contributed by atoms with Crippen molar-refractivity contribution in [2.75, 3.05) is 0 Å². The Kier molecular flexibility index (Phi) is 9.05. The molecule has 0 fully saturated rings. The molecule has 0 unspecified atom stereocenters. The largest absolute Gasteiger partial charge is 0.481 e. The summed E-state index contributed by atoms with van der Waals surface area (Å²) in [6, 6.07) is 0. The second-order valence-corrected chi connectivity index (χ2v) is 1.54. The Balaban J connectivity index is 0. The van der Waals surface area contributed by atoms with Gasteiger partial charge in [-0.25, -0.2) is 0 Å². The van der Waals surface area contributed by atoms with Gasteiger partial charge in [0.2, 0.25) is 0 Å². The van der Waals surface area contributed by atoms with Crippen molar-refractivity contribution in [3.8, 4) is 0 Å². The van der Waals surface area contributed by atoms with Crippen molar-refractivity contribution in [2.24, 2.45) is 11.5 Å². The molecule has 0 aliphatic heterocycles. The molecular weight excluding hydrogens is 132 g/mol. The average Bonchev–Trinajstić information content (AvgIpc) is 1.89. The molecular formula is C6H14N2O2. The Hall–Kier alpha value is -1.19. The van der Waals surface area contributed by atoms with Crippen LogP contribution in [-0.4, -0.2) is 11.1 Å². The second kappa shape index (κ2) is 7.81. The summed E-state index contributed by atoms with van der Waals surface area (Å²) < 4.78 is 0. The van der Waals surface area contributed by atoms with Crippen LogP contribution in [0.25, 0.3) is 0 Å². The summed E-state index contributed by atoms with van der Waals surface area (Å²) >= 11 is 0. The van der Waals surface area contributed by atoms with Gasteiger partial charge in [0.25, 0.3) is 0 Å². The smallest absolute Gasteiger partial charge is 0.303 e. The van der Waals surface area contributed by atoms with Crippen LogP contribution in [0.4, 0.5) is 0 Å². The lowest BCUT2D eigenvalue weighted by molar-refractivity contribution is -0.136. The highest BCUT2D eigenvalue weighted by atomic mass is 16.4. The lowest BCUT2D eigenvalue weighted by atomic mass is 10.5. The maximum absolute atomic E-state index is 9.37. The van der Waals surface area contributed by atoms with E-state index in [0.29, 0.717) is 5.82 Å². The van der Waals surface area contributed by atoms with Gasteiger partial charge in [-0.2, -0.15) is 0 Å². The highest BCUT2D eigenvalue weighted by Crippen LogP contribution is 1.67. The predicted octanol–water partition coefficient (Wildman–Crippen LogP) is 0.246. The highest BCUT2D eigenvalue weighted by Gasteiger charge is 1.80. The van der Waals surface area contributed by atoms with Gasteiger partial charge in [0, 0.05) is 6.42 Å². The molecule has 0 rings (SSSR count). The standard InChI is InChI=1S/C3H8N2.C3H6O2/c2*1-2-3(4)5/h2H,4-5H2,1H3;2H2,1H3,(H,4,5). The average molecular weight is 146 g/mol. The van der Waals surface area contributed by atoms with Gasteiger partial charge < -0.3 is 16.6 Å². The van der Waals surface area contributed by atoms with E-state index >= 15 is 0 Å². The van der Waals surface area contributed by atoms with E-state index in [9.17, 15) is 4.79 Å². The molecule has 0 aromatic heterocycles. The molecule has 0 aromatic carbocycles. The van der Waals surface area contributed by atoms with E-state index < -0.39 is 5.97 Å². The number of allylic oxidation sites excluding steroid dienone is 1. The first-order chi connectivity index (χ1) is 4.54. The van der Waals surface area contributed by atoms with Crippen molar-refractivity contribution in [1.29, 1.82) is 0 Å². The maximum Gasteiger partial charge on any atom is 0.303 e. The lowest BCUT2D eigenvalue weighted by Crippen LogP contribution is -2.06. The zero-order chi connectivity index (χ0) is 8.57. The third-order valence-electron chi connectivity index (χ3n) is 0.636. The minimum Gasteiger partial charge on any atom is -0.481 e. The van der Waals surface area contributed by atoms with E-state index in [1.54, 1.807) is 19.9 Å². The number of carboxylic acids is 1. The number of aliphatic carboxylic acids is 1. The summed E-state index contributed by atoms with van der Waals surface area (Å²) in [5, 5.41) is 7.72. The van der Waals surface area contributed by atoms with Crippen LogP contribution in [0.15, 0.2) is 11.9 Å². The monoisotopic (exact) mass is 146 g/mol. The highest BCUT2D eigenvalue weighted by molar-refractivity contribution is 5.66. The molecule has 0 amide bonds. The normalized spacial score (nSPS) is 7.00. The molecule has 0 saturated carbocycles. The predicted molar refractivity (Wildman–Crippen MR) is 40.1 cm³/mol. The van der Waals surface area contributed by atoms with Gasteiger partial charge in [0.1, 0.15) is 0 Å². The van der Waals surface area contributed by atoms with Gasteiger partial charge in [0.15, 0.2) is 0 Å². The summed E-state index contributed by atoms with van der Waals surface area (Å²) in [4.78, 5) is 9.37. The van der Waals surface area contributed by atoms with Gasteiger partial charge in [0.05, 0.1) is 5.82 Å². The number of rotatable bonds is 1. The molecule has 0 spiro atoms. The van der Waals surface area contributed by atoms with Crippen LogP contribution >= 0.6 is 0 Å². The van der Waals surface area contributed by atoms with E-state index in [4.69, 9.17) is 16.6 Å². The third-order valence-corrected chi connectivity index (χ3v) is 0.636. The van der Waals surface area contributed by atoms with E-state index in [0.717, 1.165) is 0 Å². The fraction of sp³-hybridized carbons (Fsp3) is 0.500. The Morgan fingerprint density at radius 2 is 1.80 bits per heavy atom. The molecule has 0 aliphatic rings. The van der Waals surface area contributed by atoms with Gasteiger partial charge in [-0.05, 0) is 13.0 Å². The molecule has 0 aromatic rings.